The highest BCUT2D eigenvalue weighted by molar-refractivity contribution is 5.71. The minimum atomic E-state index is -0.777. The van der Waals surface area contributed by atoms with Crippen molar-refractivity contribution in [2.75, 3.05) is 13.2 Å². The molecule has 0 amide bonds. The van der Waals surface area contributed by atoms with Gasteiger partial charge in [-0.2, -0.15) is 0 Å². The minimum Gasteiger partial charge on any atom is -0.462 e. The van der Waals surface area contributed by atoms with Crippen LogP contribution in [-0.4, -0.2) is 37.2 Å². The van der Waals surface area contributed by atoms with Crippen molar-refractivity contribution in [2.24, 2.45) is 0 Å². The van der Waals surface area contributed by atoms with Crippen LogP contribution in [0.3, 0.4) is 0 Å². The molecule has 0 heterocycles. The van der Waals surface area contributed by atoms with Crippen LogP contribution in [-0.2, 0) is 28.6 Å². The summed E-state index contributed by atoms with van der Waals surface area (Å²) in [5, 5.41) is 0. The molecule has 0 aromatic heterocycles. The first kappa shape index (κ1) is 72.6. The molecule has 0 rings (SSSR count). The minimum absolute atomic E-state index is 0.0724. The van der Waals surface area contributed by atoms with Crippen molar-refractivity contribution in [1.82, 2.24) is 0 Å². The third-order valence-electron chi connectivity index (χ3n) is 15.1. The third kappa shape index (κ3) is 62.4. The molecule has 0 aliphatic carbocycles. The van der Waals surface area contributed by atoms with Crippen LogP contribution in [0.1, 0.15) is 367 Å². The number of unbranched alkanes of at least 4 members (excludes halogenated alkanes) is 45. The number of carbonyl (C=O) groups is 3. The summed E-state index contributed by atoms with van der Waals surface area (Å²) in [5.41, 5.74) is 0. The Morgan fingerprint density at radius 2 is 0.480 bits per heavy atom. The summed E-state index contributed by atoms with van der Waals surface area (Å²) >= 11 is 0. The van der Waals surface area contributed by atoms with Crippen LogP contribution in [0.15, 0.2) is 36.5 Å². The molecule has 75 heavy (non-hydrogen) atoms. The Balaban J connectivity index is 4.30. The van der Waals surface area contributed by atoms with E-state index < -0.39 is 6.10 Å². The average molecular weight is 1050 g/mol. The van der Waals surface area contributed by atoms with Gasteiger partial charge in [0.05, 0.1) is 0 Å². The molecule has 0 radical (unpaired) electrons. The van der Waals surface area contributed by atoms with Crippen LogP contribution in [0.25, 0.3) is 0 Å². The summed E-state index contributed by atoms with van der Waals surface area (Å²) in [6.07, 6.45) is 78.7. The first-order valence-electron chi connectivity index (χ1n) is 33.5. The van der Waals surface area contributed by atoms with Crippen molar-refractivity contribution in [3.8, 4) is 0 Å². The van der Waals surface area contributed by atoms with E-state index in [0.29, 0.717) is 19.3 Å². The fourth-order valence-corrected chi connectivity index (χ4v) is 10.1. The summed E-state index contributed by atoms with van der Waals surface area (Å²) in [6.45, 7) is 6.67. The van der Waals surface area contributed by atoms with E-state index >= 15 is 0 Å². The number of esters is 3. The summed E-state index contributed by atoms with van der Waals surface area (Å²) < 4.78 is 17.0. The van der Waals surface area contributed by atoms with Crippen molar-refractivity contribution < 1.29 is 28.6 Å². The third-order valence-corrected chi connectivity index (χ3v) is 15.1. The van der Waals surface area contributed by atoms with Gasteiger partial charge < -0.3 is 14.2 Å². The molecule has 0 fully saturated rings. The fourth-order valence-electron chi connectivity index (χ4n) is 10.1. The summed E-state index contributed by atoms with van der Waals surface area (Å²) in [5.74, 6) is -0.859. The Morgan fingerprint density at radius 3 is 0.773 bits per heavy atom. The molecule has 0 bridgehead atoms. The Morgan fingerprint density at radius 1 is 0.267 bits per heavy atom. The van der Waals surface area contributed by atoms with E-state index in [-0.39, 0.29) is 31.1 Å². The van der Waals surface area contributed by atoms with Gasteiger partial charge in [0.15, 0.2) is 6.10 Å². The predicted molar refractivity (Wildman–Crippen MR) is 326 cm³/mol. The zero-order valence-electron chi connectivity index (χ0n) is 50.6. The summed E-state index contributed by atoms with van der Waals surface area (Å²) in [6, 6.07) is 0. The van der Waals surface area contributed by atoms with Crippen molar-refractivity contribution in [1.29, 1.82) is 0 Å². The molecular weight excluding hydrogens is 925 g/mol. The van der Waals surface area contributed by atoms with Crippen molar-refractivity contribution in [3.05, 3.63) is 36.5 Å². The van der Waals surface area contributed by atoms with Gasteiger partial charge in [-0.25, -0.2) is 0 Å². The zero-order chi connectivity index (χ0) is 54.3. The van der Waals surface area contributed by atoms with Crippen molar-refractivity contribution in [3.63, 3.8) is 0 Å². The normalized spacial score (nSPS) is 12.2. The van der Waals surface area contributed by atoms with E-state index in [9.17, 15) is 14.4 Å². The summed E-state index contributed by atoms with van der Waals surface area (Å²) in [7, 11) is 0. The van der Waals surface area contributed by atoms with E-state index in [1.807, 2.05) is 0 Å². The fraction of sp³-hybridized carbons (Fsp3) is 0.870. The molecular formula is C69H128O6. The molecule has 0 N–H and O–H groups in total. The van der Waals surface area contributed by atoms with Crippen LogP contribution in [0, 0.1) is 0 Å². The van der Waals surface area contributed by atoms with Gasteiger partial charge >= 0.3 is 17.9 Å². The molecule has 0 spiro atoms. The number of rotatable bonds is 62. The van der Waals surface area contributed by atoms with Gasteiger partial charge in [-0.1, -0.05) is 308 Å². The Bertz CT molecular complexity index is 1250. The number of carbonyl (C=O) groups excluding carboxylic acids is 3. The van der Waals surface area contributed by atoms with Gasteiger partial charge in [0, 0.05) is 19.3 Å². The quantitative estimate of drug-likeness (QED) is 0.0261. The first-order valence-corrected chi connectivity index (χ1v) is 33.5. The lowest BCUT2D eigenvalue weighted by Crippen LogP contribution is -2.30. The number of hydrogen-bond acceptors (Lipinski definition) is 6. The molecule has 0 aromatic carbocycles. The Labute approximate surface area is 467 Å². The molecule has 0 saturated heterocycles. The smallest absolute Gasteiger partial charge is 0.306 e. The van der Waals surface area contributed by atoms with E-state index in [0.717, 1.165) is 70.6 Å². The molecule has 6 nitrogen and oxygen atoms in total. The second-order valence-electron chi connectivity index (χ2n) is 22.7. The van der Waals surface area contributed by atoms with Gasteiger partial charge in [-0.3, -0.25) is 14.4 Å². The standard InChI is InChI=1S/C69H128O6/c1-4-7-10-13-16-19-22-25-28-31-32-33-34-35-36-39-41-44-47-50-53-56-59-62-68(71)74-65-66(75-69(72)63-60-57-54-51-48-45-42-38-30-27-24-21-18-15-12-9-6-3)64-73-67(70)61-58-55-52-49-46-43-40-37-29-26-23-20-17-14-11-8-5-2/h18,21,26-27,29-30,66H,4-17,19-20,22-25,28,31-65H2,1-3H3/b21-18-,29-26-,30-27-. The largest absolute Gasteiger partial charge is 0.462 e. The molecule has 440 valence electrons. The highest BCUT2D eigenvalue weighted by atomic mass is 16.6. The lowest BCUT2D eigenvalue weighted by Gasteiger charge is -2.18. The van der Waals surface area contributed by atoms with Crippen LogP contribution in [0.2, 0.25) is 0 Å². The molecule has 1 atom stereocenters. The van der Waals surface area contributed by atoms with E-state index in [2.05, 4.69) is 57.2 Å². The second-order valence-corrected chi connectivity index (χ2v) is 22.7. The van der Waals surface area contributed by atoms with Crippen LogP contribution in [0.4, 0.5) is 0 Å². The maximum atomic E-state index is 12.9. The van der Waals surface area contributed by atoms with Gasteiger partial charge in [0.2, 0.25) is 0 Å². The molecule has 0 aromatic rings. The van der Waals surface area contributed by atoms with E-state index in [1.165, 1.54) is 257 Å². The Hall–Kier alpha value is -2.37. The maximum absolute atomic E-state index is 12.9. The molecule has 1 unspecified atom stereocenters. The topological polar surface area (TPSA) is 78.9 Å². The van der Waals surface area contributed by atoms with Crippen molar-refractivity contribution >= 4 is 17.9 Å². The van der Waals surface area contributed by atoms with Gasteiger partial charge in [-0.05, 0) is 77.0 Å². The van der Waals surface area contributed by atoms with Crippen LogP contribution in [0.5, 0.6) is 0 Å². The number of hydrogen-bond donors (Lipinski definition) is 0. The molecule has 0 aliphatic rings. The highest BCUT2D eigenvalue weighted by Crippen LogP contribution is 2.18. The average Bonchev–Trinajstić information content (AvgIpc) is 3.41. The lowest BCUT2D eigenvalue weighted by atomic mass is 10.0. The molecule has 0 saturated carbocycles. The lowest BCUT2D eigenvalue weighted by molar-refractivity contribution is -0.167. The number of ether oxygens (including phenoxy) is 3. The molecule has 6 heteroatoms. The second kappa shape index (κ2) is 64.2. The highest BCUT2D eigenvalue weighted by Gasteiger charge is 2.19. The number of allylic oxidation sites excluding steroid dienone is 6. The molecule has 0 aliphatic heterocycles. The van der Waals surface area contributed by atoms with Gasteiger partial charge in [0.1, 0.15) is 13.2 Å². The predicted octanol–water partition coefficient (Wildman–Crippen LogP) is 22.8. The van der Waals surface area contributed by atoms with Gasteiger partial charge in [-0.15, -0.1) is 0 Å². The first-order chi connectivity index (χ1) is 37.0. The van der Waals surface area contributed by atoms with Crippen LogP contribution < -0.4 is 0 Å². The van der Waals surface area contributed by atoms with E-state index in [4.69, 9.17) is 14.2 Å². The maximum Gasteiger partial charge on any atom is 0.306 e. The van der Waals surface area contributed by atoms with Crippen LogP contribution >= 0.6 is 0 Å². The van der Waals surface area contributed by atoms with E-state index in [1.54, 1.807) is 0 Å². The Kier molecular flexibility index (Phi) is 62.1. The SMILES string of the molecule is CCCCC/C=C\C/C=C\CCCCCCCCCC(=O)OC(COC(=O)CCCCCCCCC/C=C\CCCCCCCC)COC(=O)CCCCCCCCCCCCCCCCCCCCCCCCC. The monoisotopic (exact) mass is 1050 g/mol. The van der Waals surface area contributed by atoms with Crippen molar-refractivity contribution in [2.45, 2.75) is 374 Å². The zero-order valence-corrected chi connectivity index (χ0v) is 50.6. The summed E-state index contributed by atoms with van der Waals surface area (Å²) in [4.78, 5) is 38.4. The van der Waals surface area contributed by atoms with Gasteiger partial charge in [0.25, 0.3) is 0 Å².